The second kappa shape index (κ2) is 4.57. The van der Waals surface area contributed by atoms with Crippen LogP contribution in [0.25, 0.3) is 0 Å². The summed E-state index contributed by atoms with van der Waals surface area (Å²) < 4.78 is 0. The normalized spacial score (nSPS) is 26.9. The topological polar surface area (TPSA) is 3.24 Å². The highest BCUT2D eigenvalue weighted by molar-refractivity contribution is 7.80. The summed E-state index contributed by atoms with van der Waals surface area (Å²) >= 11 is 4.42. The molecule has 1 heterocycles. The van der Waals surface area contributed by atoms with Gasteiger partial charge in [-0.05, 0) is 38.8 Å². The molecule has 0 amide bonds. The van der Waals surface area contributed by atoms with Crippen LogP contribution in [0.2, 0.25) is 5.82 Å². The Balaban J connectivity index is 2.30. The van der Waals surface area contributed by atoms with Crippen LogP contribution in [0, 0.1) is 5.92 Å². The van der Waals surface area contributed by atoms with E-state index in [2.05, 4.69) is 31.4 Å². The van der Waals surface area contributed by atoms with Gasteiger partial charge >= 0.3 is 0 Å². The van der Waals surface area contributed by atoms with E-state index in [1.54, 1.807) is 0 Å². The Morgan fingerprint density at radius 3 is 2.17 bits per heavy atom. The molecule has 0 spiro atoms. The second-order valence-corrected chi connectivity index (χ2v) is 4.61. The molecule has 1 aliphatic rings. The quantitative estimate of drug-likeness (QED) is 0.505. The number of thiol groups is 1. The van der Waals surface area contributed by atoms with Crippen molar-refractivity contribution < 1.29 is 0 Å². The number of hydrogen-bond acceptors (Lipinski definition) is 2. The summed E-state index contributed by atoms with van der Waals surface area (Å²) in [5.41, 5.74) is 0. The van der Waals surface area contributed by atoms with Crippen molar-refractivity contribution >= 4 is 20.5 Å². The minimum atomic E-state index is 0.363. The van der Waals surface area contributed by atoms with Gasteiger partial charge in [0, 0.05) is 5.37 Å². The van der Waals surface area contributed by atoms with Gasteiger partial charge in [0.1, 0.15) is 0 Å². The van der Waals surface area contributed by atoms with Crippen LogP contribution in [0.3, 0.4) is 0 Å². The summed E-state index contributed by atoms with van der Waals surface area (Å²) in [6, 6.07) is 0. The lowest BCUT2D eigenvalue weighted by atomic mass is 9.74. The zero-order valence-electron chi connectivity index (χ0n) is 8.03. The minimum absolute atomic E-state index is 0.363. The Hall–Kier alpha value is 0.375. The molecule has 0 saturated carbocycles. The zero-order valence-corrected chi connectivity index (χ0v) is 8.93. The Bertz CT molecular complexity index is 114. The molecule has 68 valence electrons. The molecule has 1 aliphatic heterocycles. The summed E-state index contributed by atoms with van der Waals surface area (Å²) in [4.78, 5) is 2.40. The zero-order chi connectivity index (χ0) is 9.14. The maximum Gasteiger partial charge on any atom is 0.0699 e. The lowest BCUT2D eigenvalue weighted by Crippen LogP contribution is -2.38. The number of likely N-dealkylation sites (tertiary alicyclic amines) is 1. The lowest BCUT2D eigenvalue weighted by molar-refractivity contribution is 0.177. The van der Waals surface area contributed by atoms with Crippen LogP contribution in [-0.4, -0.2) is 31.2 Å². The van der Waals surface area contributed by atoms with Gasteiger partial charge in [-0.15, -0.1) is 0 Å². The van der Waals surface area contributed by atoms with E-state index in [0.29, 0.717) is 11.2 Å². The van der Waals surface area contributed by atoms with Gasteiger partial charge in [-0.1, -0.05) is 12.7 Å². The van der Waals surface area contributed by atoms with Gasteiger partial charge < -0.3 is 0 Å². The predicted molar refractivity (Wildman–Crippen MR) is 57.9 cm³/mol. The van der Waals surface area contributed by atoms with Gasteiger partial charge in [0.25, 0.3) is 0 Å². The van der Waals surface area contributed by atoms with E-state index in [-0.39, 0.29) is 0 Å². The molecule has 0 bridgehead atoms. The van der Waals surface area contributed by atoms with Crippen molar-refractivity contribution in [2.75, 3.05) is 13.1 Å². The minimum Gasteiger partial charge on any atom is -0.292 e. The van der Waals surface area contributed by atoms with Crippen LogP contribution in [0.5, 0.6) is 0 Å². The van der Waals surface area contributed by atoms with E-state index >= 15 is 0 Å². The Morgan fingerprint density at radius 1 is 1.33 bits per heavy atom. The Labute approximate surface area is 82.7 Å². The van der Waals surface area contributed by atoms with E-state index in [9.17, 15) is 0 Å². The van der Waals surface area contributed by atoms with Crippen molar-refractivity contribution in [1.29, 1.82) is 0 Å². The maximum atomic E-state index is 5.85. The van der Waals surface area contributed by atoms with Crippen LogP contribution in [-0.2, 0) is 0 Å². The first-order chi connectivity index (χ1) is 5.61. The summed E-state index contributed by atoms with van der Waals surface area (Å²) in [6.07, 6.45) is 2.48. The van der Waals surface area contributed by atoms with E-state index in [0.717, 1.165) is 19.0 Å². The Morgan fingerprint density at radius 2 is 1.83 bits per heavy atom. The molecule has 3 heteroatoms. The predicted octanol–water partition coefficient (Wildman–Crippen LogP) is 1.95. The fraction of sp³-hybridized carbons (Fsp3) is 1.00. The van der Waals surface area contributed by atoms with E-state index < -0.39 is 0 Å². The monoisotopic (exact) mass is 183 g/mol. The summed E-state index contributed by atoms with van der Waals surface area (Å²) in [5.74, 6) is 1.09. The SMILES string of the molecule is [B]C(C)C1CCN(C(C)S)CC1. The van der Waals surface area contributed by atoms with Crippen LogP contribution in [0.4, 0.5) is 0 Å². The van der Waals surface area contributed by atoms with Gasteiger partial charge in [-0.25, -0.2) is 0 Å². The van der Waals surface area contributed by atoms with Gasteiger partial charge in [0.2, 0.25) is 0 Å². The molecule has 0 aromatic heterocycles. The second-order valence-electron chi connectivity index (χ2n) is 3.86. The van der Waals surface area contributed by atoms with Crippen molar-refractivity contribution in [3.8, 4) is 0 Å². The summed E-state index contributed by atoms with van der Waals surface area (Å²) in [7, 11) is 5.85. The number of rotatable bonds is 2. The molecule has 12 heavy (non-hydrogen) atoms. The van der Waals surface area contributed by atoms with Gasteiger partial charge in [-0.3, -0.25) is 4.90 Å². The number of piperidine rings is 1. The third kappa shape index (κ3) is 2.70. The molecular weight excluding hydrogens is 165 g/mol. The highest BCUT2D eigenvalue weighted by Gasteiger charge is 2.22. The lowest BCUT2D eigenvalue weighted by Gasteiger charge is -2.35. The number of hydrogen-bond donors (Lipinski definition) is 1. The fourth-order valence-electron chi connectivity index (χ4n) is 1.82. The maximum absolute atomic E-state index is 5.85. The van der Waals surface area contributed by atoms with Crippen molar-refractivity contribution in [3.63, 3.8) is 0 Å². The smallest absolute Gasteiger partial charge is 0.0699 e. The first kappa shape index (κ1) is 10.5. The van der Waals surface area contributed by atoms with E-state index in [1.165, 1.54) is 12.8 Å². The third-order valence-corrected chi connectivity index (χ3v) is 3.17. The summed E-state index contributed by atoms with van der Waals surface area (Å²) in [6.45, 7) is 6.58. The van der Waals surface area contributed by atoms with Crippen molar-refractivity contribution in [2.24, 2.45) is 5.92 Å². The van der Waals surface area contributed by atoms with Crippen molar-refractivity contribution in [2.45, 2.75) is 37.9 Å². The van der Waals surface area contributed by atoms with Crippen molar-refractivity contribution in [1.82, 2.24) is 4.90 Å². The first-order valence-electron chi connectivity index (χ1n) is 4.79. The molecule has 1 rings (SSSR count). The largest absolute Gasteiger partial charge is 0.292 e. The molecule has 0 aromatic carbocycles. The molecule has 0 aromatic rings. The van der Waals surface area contributed by atoms with Crippen LogP contribution < -0.4 is 0 Å². The molecule has 1 fully saturated rings. The van der Waals surface area contributed by atoms with E-state index in [4.69, 9.17) is 7.85 Å². The molecule has 2 radical (unpaired) electrons. The molecule has 2 unspecified atom stereocenters. The highest BCUT2D eigenvalue weighted by atomic mass is 32.1. The van der Waals surface area contributed by atoms with Gasteiger partial charge in [-0.2, -0.15) is 12.6 Å². The molecular formula is C9H18BNS. The average molecular weight is 183 g/mol. The van der Waals surface area contributed by atoms with Crippen molar-refractivity contribution in [3.05, 3.63) is 0 Å². The third-order valence-electron chi connectivity index (χ3n) is 2.85. The molecule has 0 aliphatic carbocycles. The fourth-order valence-corrected chi connectivity index (χ4v) is 2.05. The van der Waals surface area contributed by atoms with E-state index in [1.807, 2.05) is 0 Å². The highest BCUT2D eigenvalue weighted by Crippen LogP contribution is 2.27. The first-order valence-corrected chi connectivity index (χ1v) is 5.30. The standard InChI is InChI=1S/C9H18BNS/c1-7(10)9-3-5-11(6-4-9)8(2)12/h7-9,12H,3-6H2,1-2H3. The summed E-state index contributed by atoms with van der Waals surface area (Å²) in [5, 5.41) is 0.402. The van der Waals surface area contributed by atoms with Crippen LogP contribution in [0.15, 0.2) is 0 Å². The molecule has 1 nitrogen and oxygen atoms in total. The average Bonchev–Trinajstić information content (AvgIpc) is 2.04. The molecule has 0 N–H and O–H groups in total. The van der Waals surface area contributed by atoms with Gasteiger partial charge in [0.15, 0.2) is 0 Å². The molecule has 1 saturated heterocycles. The van der Waals surface area contributed by atoms with Gasteiger partial charge in [0.05, 0.1) is 7.85 Å². The van der Waals surface area contributed by atoms with Crippen LogP contribution in [0.1, 0.15) is 26.7 Å². The Kier molecular flexibility index (Phi) is 3.98. The number of nitrogens with zero attached hydrogens (tertiary/aromatic N) is 1. The molecule has 2 atom stereocenters. The van der Waals surface area contributed by atoms with Crippen LogP contribution >= 0.6 is 12.6 Å².